The fourth-order valence-corrected chi connectivity index (χ4v) is 3.06. The standard InChI is InChI=1S/C19H21NO2S/c1-4-19(21)20-14(3)15-6-8-16(9-7-15)17-10-12-18(13-11-17)23(22)5-2/h4,6-14H,1,5H2,2-3H3,(H,20,21)/t14-,23?/m1/s1. The Hall–Kier alpha value is -2.20. The van der Waals surface area contributed by atoms with Gasteiger partial charge in [0.2, 0.25) is 5.91 Å². The molecule has 2 rings (SSSR count). The highest BCUT2D eigenvalue weighted by atomic mass is 32.2. The van der Waals surface area contributed by atoms with Gasteiger partial charge in [-0.05, 0) is 41.8 Å². The van der Waals surface area contributed by atoms with E-state index >= 15 is 0 Å². The summed E-state index contributed by atoms with van der Waals surface area (Å²) >= 11 is 0. The highest BCUT2D eigenvalue weighted by molar-refractivity contribution is 7.85. The predicted molar refractivity (Wildman–Crippen MR) is 95.6 cm³/mol. The van der Waals surface area contributed by atoms with Gasteiger partial charge in [-0.1, -0.05) is 49.9 Å². The lowest BCUT2D eigenvalue weighted by molar-refractivity contribution is -0.117. The number of carbonyl (C=O) groups is 1. The second-order valence-corrected chi connectivity index (χ2v) is 6.95. The SMILES string of the molecule is C=CC(=O)N[C@H](C)c1ccc(-c2ccc(S(=O)CC)cc2)cc1. The molecule has 2 atom stereocenters. The number of benzene rings is 2. The van der Waals surface area contributed by atoms with Crippen molar-refractivity contribution in [2.24, 2.45) is 0 Å². The summed E-state index contributed by atoms with van der Waals surface area (Å²) in [6, 6.07) is 15.8. The van der Waals surface area contributed by atoms with E-state index in [0.717, 1.165) is 21.6 Å². The van der Waals surface area contributed by atoms with E-state index in [1.807, 2.05) is 62.4 Å². The van der Waals surface area contributed by atoms with Crippen LogP contribution >= 0.6 is 0 Å². The lowest BCUT2D eigenvalue weighted by Crippen LogP contribution is -2.24. The molecule has 4 heteroatoms. The van der Waals surface area contributed by atoms with Crippen molar-refractivity contribution < 1.29 is 9.00 Å². The van der Waals surface area contributed by atoms with Gasteiger partial charge in [-0.2, -0.15) is 0 Å². The van der Waals surface area contributed by atoms with Crippen molar-refractivity contribution in [1.82, 2.24) is 5.32 Å². The summed E-state index contributed by atoms with van der Waals surface area (Å²) in [4.78, 5) is 12.2. The Morgan fingerprint density at radius 1 is 1.13 bits per heavy atom. The van der Waals surface area contributed by atoms with Crippen LogP contribution in [0.4, 0.5) is 0 Å². The van der Waals surface area contributed by atoms with Gasteiger partial charge in [0.1, 0.15) is 0 Å². The van der Waals surface area contributed by atoms with E-state index in [9.17, 15) is 9.00 Å². The molecule has 23 heavy (non-hydrogen) atoms. The molecule has 2 aromatic carbocycles. The van der Waals surface area contributed by atoms with E-state index in [-0.39, 0.29) is 11.9 Å². The molecule has 0 radical (unpaired) electrons. The Bertz CT molecular complexity index is 705. The zero-order chi connectivity index (χ0) is 16.8. The normalized spacial score (nSPS) is 13.1. The molecular weight excluding hydrogens is 306 g/mol. The van der Waals surface area contributed by atoms with Crippen molar-refractivity contribution in [3.8, 4) is 11.1 Å². The molecule has 0 saturated heterocycles. The number of nitrogens with one attached hydrogen (secondary N) is 1. The van der Waals surface area contributed by atoms with Crippen LogP contribution in [0.25, 0.3) is 11.1 Å². The molecule has 0 aliphatic carbocycles. The average molecular weight is 327 g/mol. The molecule has 0 aromatic heterocycles. The maximum Gasteiger partial charge on any atom is 0.243 e. The Kier molecular flexibility index (Phi) is 5.88. The summed E-state index contributed by atoms with van der Waals surface area (Å²) in [7, 11) is -0.920. The Balaban J connectivity index is 2.14. The minimum absolute atomic E-state index is 0.0658. The Labute approximate surface area is 139 Å². The number of amides is 1. The lowest BCUT2D eigenvalue weighted by Gasteiger charge is -2.13. The van der Waals surface area contributed by atoms with Crippen LogP contribution in [0.3, 0.4) is 0 Å². The summed E-state index contributed by atoms with van der Waals surface area (Å²) in [6.45, 7) is 7.30. The first-order chi connectivity index (χ1) is 11.0. The zero-order valence-corrected chi connectivity index (χ0v) is 14.2. The van der Waals surface area contributed by atoms with Crippen molar-refractivity contribution in [2.75, 3.05) is 5.75 Å². The van der Waals surface area contributed by atoms with E-state index in [4.69, 9.17) is 0 Å². The van der Waals surface area contributed by atoms with Gasteiger partial charge in [-0.3, -0.25) is 9.00 Å². The molecule has 0 saturated carbocycles. The first kappa shape index (κ1) is 17.2. The third-order valence-corrected chi connectivity index (χ3v) is 4.99. The van der Waals surface area contributed by atoms with E-state index in [2.05, 4.69) is 11.9 Å². The van der Waals surface area contributed by atoms with Crippen LogP contribution in [0, 0.1) is 0 Å². The third-order valence-electron chi connectivity index (χ3n) is 3.67. The predicted octanol–water partition coefficient (Wildman–Crippen LogP) is 3.84. The smallest absolute Gasteiger partial charge is 0.243 e. The van der Waals surface area contributed by atoms with Crippen LogP contribution in [0.1, 0.15) is 25.5 Å². The fraction of sp³-hybridized carbons (Fsp3) is 0.211. The van der Waals surface area contributed by atoms with Gasteiger partial charge in [0.25, 0.3) is 0 Å². The Morgan fingerprint density at radius 2 is 1.65 bits per heavy atom. The monoisotopic (exact) mass is 327 g/mol. The van der Waals surface area contributed by atoms with Gasteiger partial charge in [-0.25, -0.2) is 0 Å². The average Bonchev–Trinajstić information content (AvgIpc) is 2.61. The minimum Gasteiger partial charge on any atom is -0.346 e. The van der Waals surface area contributed by atoms with Crippen molar-refractivity contribution in [3.05, 3.63) is 66.7 Å². The first-order valence-corrected chi connectivity index (χ1v) is 8.88. The third kappa shape index (κ3) is 4.39. The van der Waals surface area contributed by atoms with Crippen LogP contribution in [-0.2, 0) is 15.6 Å². The van der Waals surface area contributed by atoms with E-state index in [0.29, 0.717) is 5.75 Å². The largest absolute Gasteiger partial charge is 0.346 e. The minimum atomic E-state index is -0.920. The van der Waals surface area contributed by atoms with E-state index < -0.39 is 10.8 Å². The topological polar surface area (TPSA) is 46.2 Å². The fourth-order valence-electron chi connectivity index (χ4n) is 2.29. The van der Waals surface area contributed by atoms with Crippen molar-refractivity contribution >= 4 is 16.7 Å². The van der Waals surface area contributed by atoms with Crippen molar-refractivity contribution in [2.45, 2.75) is 24.8 Å². The molecule has 1 unspecified atom stereocenters. The van der Waals surface area contributed by atoms with Crippen LogP contribution in [0.2, 0.25) is 0 Å². The van der Waals surface area contributed by atoms with Crippen LogP contribution in [0.5, 0.6) is 0 Å². The van der Waals surface area contributed by atoms with E-state index in [1.165, 1.54) is 6.08 Å². The van der Waals surface area contributed by atoms with Gasteiger partial charge < -0.3 is 5.32 Å². The Morgan fingerprint density at radius 3 is 2.13 bits per heavy atom. The molecule has 0 bridgehead atoms. The van der Waals surface area contributed by atoms with Crippen LogP contribution in [0.15, 0.2) is 66.1 Å². The molecular formula is C19H21NO2S. The molecule has 1 N–H and O–H groups in total. The molecule has 0 fully saturated rings. The van der Waals surface area contributed by atoms with Crippen LogP contribution in [-0.4, -0.2) is 15.9 Å². The summed E-state index contributed by atoms with van der Waals surface area (Å²) < 4.78 is 11.8. The number of hydrogen-bond donors (Lipinski definition) is 1. The summed E-state index contributed by atoms with van der Waals surface area (Å²) in [5.74, 6) is 0.448. The maximum atomic E-state index is 11.8. The molecule has 0 spiro atoms. The lowest BCUT2D eigenvalue weighted by atomic mass is 10.0. The highest BCUT2D eigenvalue weighted by Gasteiger charge is 2.08. The second kappa shape index (κ2) is 7.88. The molecule has 1 amide bonds. The molecule has 2 aromatic rings. The summed E-state index contributed by atoms with van der Waals surface area (Å²) in [5, 5.41) is 2.84. The van der Waals surface area contributed by atoms with Gasteiger partial charge in [-0.15, -0.1) is 0 Å². The zero-order valence-electron chi connectivity index (χ0n) is 13.4. The van der Waals surface area contributed by atoms with Gasteiger partial charge in [0.05, 0.1) is 16.8 Å². The van der Waals surface area contributed by atoms with Gasteiger partial charge in [0, 0.05) is 10.6 Å². The van der Waals surface area contributed by atoms with Crippen LogP contribution < -0.4 is 5.32 Å². The van der Waals surface area contributed by atoms with Gasteiger partial charge in [0.15, 0.2) is 0 Å². The van der Waals surface area contributed by atoms with Crippen molar-refractivity contribution in [3.63, 3.8) is 0 Å². The number of carbonyl (C=O) groups excluding carboxylic acids is 1. The molecule has 120 valence electrons. The maximum absolute atomic E-state index is 11.8. The second-order valence-electron chi connectivity index (χ2n) is 5.21. The van der Waals surface area contributed by atoms with E-state index in [1.54, 1.807) is 0 Å². The number of rotatable bonds is 6. The quantitative estimate of drug-likeness (QED) is 0.819. The molecule has 3 nitrogen and oxygen atoms in total. The van der Waals surface area contributed by atoms with Gasteiger partial charge >= 0.3 is 0 Å². The highest BCUT2D eigenvalue weighted by Crippen LogP contribution is 2.23. The number of hydrogen-bond acceptors (Lipinski definition) is 2. The molecule has 0 aliphatic heterocycles. The summed E-state index contributed by atoms with van der Waals surface area (Å²) in [5.41, 5.74) is 3.20. The summed E-state index contributed by atoms with van der Waals surface area (Å²) in [6.07, 6.45) is 1.27. The molecule has 0 aliphatic rings. The van der Waals surface area contributed by atoms with Crippen molar-refractivity contribution in [1.29, 1.82) is 0 Å². The molecule has 0 heterocycles. The first-order valence-electron chi connectivity index (χ1n) is 7.57.